The molecule has 6 heteroatoms. The number of hydrogen-bond acceptors (Lipinski definition) is 5. The maximum absolute atomic E-state index is 12.6. The molecule has 0 aliphatic carbocycles. The van der Waals surface area contributed by atoms with Crippen molar-refractivity contribution in [2.75, 3.05) is 24.3 Å². The summed E-state index contributed by atoms with van der Waals surface area (Å²) >= 11 is 0. The Bertz CT molecular complexity index is 1010. The van der Waals surface area contributed by atoms with Crippen LogP contribution < -0.4 is 4.90 Å². The first-order valence-electron chi connectivity index (χ1n) is 9.50. The third-order valence-electron chi connectivity index (χ3n) is 5.20. The first-order chi connectivity index (χ1) is 13.8. The first kappa shape index (κ1) is 21.0. The molecule has 0 N–H and O–H groups in total. The second-order valence-electron chi connectivity index (χ2n) is 7.40. The highest BCUT2D eigenvalue weighted by Gasteiger charge is 2.38. The van der Waals surface area contributed by atoms with Gasteiger partial charge < -0.3 is 9.64 Å². The van der Waals surface area contributed by atoms with Crippen molar-refractivity contribution >= 4 is 28.2 Å². The molecule has 0 unspecified atom stereocenters. The maximum atomic E-state index is 12.6. The van der Waals surface area contributed by atoms with Crippen LogP contribution in [-0.4, -0.2) is 35.4 Å². The third kappa shape index (κ3) is 4.03. The lowest BCUT2D eigenvalue weighted by molar-refractivity contribution is -0.117. The fourth-order valence-electron chi connectivity index (χ4n) is 3.66. The molecule has 1 heterocycles. The van der Waals surface area contributed by atoms with Crippen LogP contribution in [0.2, 0.25) is 0 Å². The third-order valence-corrected chi connectivity index (χ3v) is 6.57. The molecule has 1 aliphatic heterocycles. The van der Waals surface area contributed by atoms with E-state index in [1.54, 1.807) is 37.3 Å². The van der Waals surface area contributed by atoms with Gasteiger partial charge in [-0.1, -0.05) is 51.1 Å². The summed E-state index contributed by atoms with van der Waals surface area (Å²) in [5.41, 5.74) is 2.97. The number of rotatable bonds is 6. The summed E-state index contributed by atoms with van der Waals surface area (Å²) in [7, 11) is 0.643. The lowest BCUT2D eigenvalue weighted by Gasteiger charge is -2.23. The Kier molecular flexibility index (Phi) is 6.03. The highest BCUT2D eigenvalue weighted by molar-refractivity contribution is 7.85. The molecule has 1 aliphatic rings. The maximum Gasteiger partial charge on any atom is 0.339 e. The molecule has 5 nitrogen and oxygen atoms in total. The molecule has 3 rings (SSSR count). The van der Waals surface area contributed by atoms with Crippen LogP contribution in [0.1, 0.15) is 36.7 Å². The molecule has 0 bridgehead atoms. The summed E-state index contributed by atoms with van der Waals surface area (Å²) in [6, 6.07) is 14.7. The van der Waals surface area contributed by atoms with Crippen molar-refractivity contribution < 1.29 is 18.5 Å². The van der Waals surface area contributed by atoms with Crippen molar-refractivity contribution in [3.63, 3.8) is 0 Å². The highest BCUT2D eigenvalue weighted by atomic mass is 32.2. The zero-order chi connectivity index (χ0) is 21.2. The van der Waals surface area contributed by atoms with Crippen molar-refractivity contribution in [3.8, 4) is 0 Å². The molecule has 0 aromatic heterocycles. The molecule has 0 spiro atoms. The van der Waals surface area contributed by atoms with Gasteiger partial charge in [-0.05, 0) is 23.8 Å². The SMILES string of the molecule is CC[S@](=O)c1ccccc1C(=O)OCC(=O)/C=C1/N(C)c2ccccc2C1(C)C. The molecule has 2 aromatic carbocycles. The predicted molar refractivity (Wildman–Crippen MR) is 115 cm³/mol. The van der Waals surface area contributed by atoms with E-state index in [-0.39, 0.29) is 23.4 Å². The van der Waals surface area contributed by atoms with Gasteiger partial charge in [0.15, 0.2) is 12.4 Å². The van der Waals surface area contributed by atoms with Gasteiger partial charge in [0.1, 0.15) is 0 Å². The summed E-state index contributed by atoms with van der Waals surface area (Å²) in [5, 5.41) is 0. The second-order valence-corrected chi connectivity index (χ2v) is 9.11. The van der Waals surface area contributed by atoms with E-state index in [2.05, 4.69) is 19.9 Å². The number of fused-ring (bicyclic) bond motifs is 1. The van der Waals surface area contributed by atoms with Gasteiger partial charge in [-0.25, -0.2) is 4.79 Å². The Labute approximate surface area is 173 Å². The Balaban J connectivity index is 1.74. The quantitative estimate of drug-likeness (QED) is 0.534. The number of allylic oxidation sites excluding steroid dienone is 1. The van der Waals surface area contributed by atoms with Crippen molar-refractivity contribution in [1.82, 2.24) is 0 Å². The van der Waals surface area contributed by atoms with E-state index in [0.717, 1.165) is 16.9 Å². The lowest BCUT2D eigenvalue weighted by atomic mass is 9.83. The number of likely N-dealkylation sites (N-methyl/N-ethyl adjacent to an activating group) is 1. The van der Waals surface area contributed by atoms with Crippen LogP contribution in [0.3, 0.4) is 0 Å². The zero-order valence-corrected chi connectivity index (χ0v) is 17.9. The summed E-state index contributed by atoms with van der Waals surface area (Å²) in [6.07, 6.45) is 1.55. The van der Waals surface area contributed by atoms with Gasteiger partial charge in [-0.15, -0.1) is 0 Å². The minimum atomic E-state index is -1.28. The number of esters is 1. The van der Waals surface area contributed by atoms with Crippen LogP contribution in [0.15, 0.2) is 65.2 Å². The topological polar surface area (TPSA) is 63.7 Å². The first-order valence-corrected chi connectivity index (χ1v) is 10.8. The molecule has 0 fully saturated rings. The summed E-state index contributed by atoms with van der Waals surface area (Å²) < 4.78 is 17.4. The Hall–Kier alpha value is -2.73. The molecule has 0 saturated carbocycles. The monoisotopic (exact) mass is 411 g/mol. The van der Waals surface area contributed by atoms with Crippen molar-refractivity contribution in [1.29, 1.82) is 0 Å². The molecule has 0 amide bonds. The summed E-state index contributed by atoms with van der Waals surface area (Å²) in [6.45, 7) is 5.55. The predicted octanol–water partition coefficient (Wildman–Crippen LogP) is 3.85. The fourth-order valence-corrected chi connectivity index (χ4v) is 4.59. The van der Waals surface area contributed by atoms with Crippen molar-refractivity contribution in [3.05, 3.63) is 71.4 Å². The van der Waals surface area contributed by atoms with Crippen molar-refractivity contribution in [2.45, 2.75) is 31.1 Å². The van der Waals surface area contributed by atoms with Gasteiger partial charge in [-0.2, -0.15) is 0 Å². The van der Waals surface area contributed by atoms with Crippen molar-refractivity contribution in [2.24, 2.45) is 0 Å². The van der Waals surface area contributed by atoms with Crippen LogP contribution in [0, 0.1) is 0 Å². The minimum Gasteiger partial charge on any atom is -0.454 e. The largest absolute Gasteiger partial charge is 0.454 e. The number of ketones is 1. The minimum absolute atomic E-state index is 0.235. The van der Waals surface area contributed by atoms with Crippen LogP contribution in [-0.2, 0) is 25.7 Å². The van der Waals surface area contributed by atoms with E-state index in [1.807, 2.05) is 30.1 Å². The van der Waals surface area contributed by atoms with Gasteiger partial charge in [-0.3, -0.25) is 9.00 Å². The second kappa shape index (κ2) is 8.33. The molecule has 0 radical (unpaired) electrons. The normalized spacial score (nSPS) is 17.1. The van der Waals surface area contributed by atoms with Crippen LogP contribution in [0.5, 0.6) is 0 Å². The van der Waals surface area contributed by atoms with E-state index in [1.165, 1.54) is 0 Å². The van der Waals surface area contributed by atoms with E-state index in [4.69, 9.17) is 4.74 Å². The Morgan fingerprint density at radius 2 is 1.76 bits per heavy atom. The molecular weight excluding hydrogens is 386 g/mol. The molecular formula is C23H25NO4S. The van der Waals surface area contributed by atoms with Crippen LogP contribution in [0.25, 0.3) is 0 Å². The average Bonchev–Trinajstić information content (AvgIpc) is 2.92. The highest BCUT2D eigenvalue weighted by Crippen LogP contribution is 2.46. The lowest BCUT2D eigenvalue weighted by Crippen LogP contribution is -2.25. The molecule has 2 aromatic rings. The molecule has 152 valence electrons. The molecule has 1 atom stereocenters. The zero-order valence-electron chi connectivity index (χ0n) is 17.1. The standard InChI is InChI=1S/C23H25NO4S/c1-5-29(27)20-13-9-6-10-17(20)22(26)28-15-16(25)14-21-23(2,3)18-11-7-8-12-19(18)24(21)4/h6-14H,5,15H2,1-4H3/b21-14+/t29-/m0/s1. The average molecular weight is 412 g/mol. The summed E-state index contributed by atoms with van der Waals surface area (Å²) in [5.74, 6) is -0.538. The van der Waals surface area contributed by atoms with Gasteiger partial charge in [0.05, 0.1) is 21.3 Å². The number of hydrogen-bond donors (Lipinski definition) is 0. The number of benzene rings is 2. The van der Waals surface area contributed by atoms with E-state index < -0.39 is 16.8 Å². The van der Waals surface area contributed by atoms with Crippen LogP contribution in [0.4, 0.5) is 5.69 Å². The number of para-hydroxylation sites is 1. The smallest absolute Gasteiger partial charge is 0.339 e. The van der Waals surface area contributed by atoms with E-state index in [0.29, 0.717) is 10.6 Å². The number of ether oxygens (including phenoxy) is 1. The number of anilines is 1. The van der Waals surface area contributed by atoms with Gasteiger partial charge >= 0.3 is 5.97 Å². The number of nitrogens with zero attached hydrogens (tertiary/aromatic N) is 1. The number of carbonyl (C=O) groups excluding carboxylic acids is 2. The van der Waals surface area contributed by atoms with E-state index in [9.17, 15) is 13.8 Å². The van der Waals surface area contributed by atoms with Gasteiger partial charge in [0.25, 0.3) is 0 Å². The Morgan fingerprint density at radius 1 is 1.10 bits per heavy atom. The van der Waals surface area contributed by atoms with E-state index >= 15 is 0 Å². The number of carbonyl (C=O) groups is 2. The summed E-state index contributed by atoms with van der Waals surface area (Å²) in [4.78, 5) is 27.4. The Morgan fingerprint density at radius 3 is 2.45 bits per heavy atom. The van der Waals surface area contributed by atoms with Gasteiger partial charge in [0, 0.05) is 35.7 Å². The molecule has 0 saturated heterocycles. The molecule has 29 heavy (non-hydrogen) atoms. The van der Waals surface area contributed by atoms with Crippen LogP contribution >= 0.6 is 0 Å². The van der Waals surface area contributed by atoms with Gasteiger partial charge in [0.2, 0.25) is 0 Å². The fraction of sp³-hybridized carbons (Fsp3) is 0.304.